The molecule has 5 nitrogen and oxygen atoms in total. The van der Waals surface area contributed by atoms with Gasteiger partial charge in [-0.15, -0.1) is 0 Å². The second-order valence-electron chi connectivity index (χ2n) is 7.99. The standard InChI is InChI=1S/C23H27N3O2/c24-23(28)19-7-3-4-17(13-19)12-18-8-11-26(14-18)22(27)9-10-25-15-20-5-1-2-6-21(20)16-25/h1-7,13,18H,8-12,14-16H2,(H2,24,28)/t18-/m0/s1. The van der Waals surface area contributed by atoms with Crippen molar-refractivity contribution in [1.29, 1.82) is 0 Å². The van der Waals surface area contributed by atoms with E-state index in [0.29, 0.717) is 17.9 Å². The van der Waals surface area contributed by atoms with Gasteiger partial charge in [0.05, 0.1) is 0 Å². The van der Waals surface area contributed by atoms with Crippen LogP contribution in [-0.4, -0.2) is 41.2 Å². The average molecular weight is 377 g/mol. The number of nitrogens with zero attached hydrogens (tertiary/aromatic N) is 2. The number of amides is 2. The number of likely N-dealkylation sites (tertiary alicyclic amines) is 1. The zero-order chi connectivity index (χ0) is 19.5. The SMILES string of the molecule is NC(=O)c1cccc(C[C@@H]2CCN(C(=O)CCN3Cc4ccccc4C3)C2)c1. The summed E-state index contributed by atoms with van der Waals surface area (Å²) in [6.45, 7) is 4.35. The number of hydrogen-bond acceptors (Lipinski definition) is 3. The van der Waals surface area contributed by atoms with Crippen molar-refractivity contribution in [3.05, 3.63) is 70.8 Å². The Balaban J connectivity index is 1.25. The molecule has 2 amide bonds. The summed E-state index contributed by atoms with van der Waals surface area (Å²) in [5.41, 5.74) is 9.80. The molecule has 2 aromatic rings. The lowest BCUT2D eigenvalue weighted by atomic mass is 9.97. The number of nitrogens with two attached hydrogens (primary N) is 1. The summed E-state index contributed by atoms with van der Waals surface area (Å²) in [5.74, 6) is 0.307. The summed E-state index contributed by atoms with van der Waals surface area (Å²) in [7, 11) is 0. The van der Waals surface area contributed by atoms with Crippen molar-refractivity contribution < 1.29 is 9.59 Å². The first kappa shape index (κ1) is 18.7. The molecule has 4 rings (SSSR count). The average Bonchev–Trinajstić information content (AvgIpc) is 3.33. The van der Waals surface area contributed by atoms with Crippen molar-refractivity contribution in [3.8, 4) is 0 Å². The summed E-state index contributed by atoms with van der Waals surface area (Å²) in [6.07, 6.45) is 2.48. The molecule has 0 aliphatic carbocycles. The minimum atomic E-state index is -0.394. The van der Waals surface area contributed by atoms with Crippen molar-refractivity contribution >= 4 is 11.8 Å². The highest BCUT2D eigenvalue weighted by molar-refractivity contribution is 5.92. The molecular formula is C23H27N3O2. The molecule has 146 valence electrons. The largest absolute Gasteiger partial charge is 0.366 e. The molecule has 2 aromatic carbocycles. The van der Waals surface area contributed by atoms with Crippen LogP contribution in [0.4, 0.5) is 0 Å². The van der Waals surface area contributed by atoms with Crippen molar-refractivity contribution in [2.45, 2.75) is 32.4 Å². The fourth-order valence-corrected chi connectivity index (χ4v) is 4.38. The summed E-state index contributed by atoms with van der Waals surface area (Å²) in [6, 6.07) is 16.0. The highest BCUT2D eigenvalue weighted by atomic mass is 16.2. The molecule has 2 aliphatic rings. The lowest BCUT2D eigenvalue weighted by Crippen LogP contribution is -2.32. The molecule has 1 saturated heterocycles. The van der Waals surface area contributed by atoms with Gasteiger partial charge in [-0.1, -0.05) is 36.4 Å². The molecule has 0 radical (unpaired) electrons. The monoisotopic (exact) mass is 377 g/mol. The third kappa shape index (κ3) is 4.25. The maximum absolute atomic E-state index is 12.7. The van der Waals surface area contributed by atoms with Crippen LogP contribution in [0.2, 0.25) is 0 Å². The van der Waals surface area contributed by atoms with Gasteiger partial charge in [0, 0.05) is 44.7 Å². The van der Waals surface area contributed by atoms with Gasteiger partial charge in [0.1, 0.15) is 0 Å². The maximum Gasteiger partial charge on any atom is 0.248 e. The number of rotatable bonds is 6. The van der Waals surface area contributed by atoms with E-state index in [0.717, 1.165) is 51.1 Å². The number of hydrogen-bond donors (Lipinski definition) is 1. The normalized spacial score (nSPS) is 19.0. The first-order valence-electron chi connectivity index (χ1n) is 10.0. The Hall–Kier alpha value is -2.66. The van der Waals surface area contributed by atoms with E-state index < -0.39 is 5.91 Å². The zero-order valence-electron chi connectivity index (χ0n) is 16.1. The fraction of sp³-hybridized carbons (Fsp3) is 0.391. The van der Waals surface area contributed by atoms with Crippen LogP contribution in [0.1, 0.15) is 39.9 Å². The van der Waals surface area contributed by atoms with Gasteiger partial charge in [-0.3, -0.25) is 14.5 Å². The molecule has 0 aromatic heterocycles. The first-order chi connectivity index (χ1) is 13.6. The van der Waals surface area contributed by atoms with Crippen molar-refractivity contribution in [3.63, 3.8) is 0 Å². The Labute approximate surface area is 166 Å². The van der Waals surface area contributed by atoms with Gasteiger partial charge in [0.25, 0.3) is 0 Å². The van der Waals surface area contributed by atoms with Gasteiger partial charge >= 0.3 is 0 Å². The molecule has 2 aliphatic heterocycles. The van der Waals surface area contributed by atoms with Crippen LogP contribution in [0.5, 0.6) is 0 Å². The summed E-state index contributed by atoms with van der Waals surface area (Å²) in [5, 5.41) is 0. The fourth-order valence-electron chi connectivity index (χ4n) is 4.38. The first-order valence-corrected chi connectivity index (χ1v) is 10.0. The minimum absolute atomic E-state index is 0.254. The Bertz CT molecular complexity index is 855. The molecule has 0 saturated carbocycles. The molecule has 28 heavy (non-hydrogen) atoms. The van der Waals surface area contributed by atoms with Crippen molar-refractivity contribution in [2.24, 2.45) is 11.7 Å². The van der Waals surface area contributed by atoms with E-state index in [1.54, 1.807) is 6.07 Å². The lowest BCUT2D eigenvalue weighted by molar-refractivity contribution is -0.130. The zero-order valence-corrected chi connectivity index (χ0v) is 16.1. The third-order valence-corrected chi connectivity index (χ3v) is 5.92. The van der Waals surface area contributed by atoms with Gasteiger partial charge < -0.3 is 10.6 Å². The van der Waals surface area contributed by atoms with Crippen molar-refractivity contribution in [1.82, 2.24) is 9.80 Å². The summed E-state index contributed by atoms with van der Waals surface area (Å²) >= 11 is 0. The second-order valence-corrected chi connectivity index (χ2v) is 7.99. The molecule has 2 heterocycles. The van der Waals surface area contributed by atoms with Gasteiger partial charge in [-0.2, -0.15) is 0 Å². The lowest BCUT2D eigenvalue weighted by Gasteiger charge is -2.19. The van der Waals surface area contributed by atoms with Gasteiger partial charge in [-0.25, -0.2) is 0 Å². The Morgan fingerprint density at radius 1 is 1.04 bits per heavy atom. The molecular weight excluding hydrogens is 350 g/mol. The predicted octanol–water partition coefficient (Wildman–Crippen LogP) is 2.58. The van der Waals surface area contributed by atoms with E-state index in [4.69, 9.17) is 5.73 Å². The summed E-state index contributed by atoms with van der Waals surface area (Å²) < 4.78 is 0. The smallest absolute Gasteiger partial charge is 0.248 e. The van der Waals surface area contributed by atoms with E-state index in [1.165, 1.54) is 11.1 Å². The molecule has 0 unspecified atom stereocenters. The number of benzene rings is 2. The maximum atomic E-state index is 12.7. The van der Waals surface area contributed by atoms with E-state index in [9.17, 15) is 9.59 Å². The van der Waals surface area contributed by atoms with Gasteiger partial charge in [0.15, 0.2) is 0 Å². The Morgan fingerprint density at radius 2 is 1.79 bits per heavy atom. The van der Waals surface area contributed by atoms with Crippen LogP contribution >= 0.6 is 0 Å². The quantitative estimate of drug-likeness (QED) is 0.841. The number of carbonyl (C=O) groups excluding carboxylic acids is 2. The number of carbonyl (C=O) groups is 2. The van der Waals surface area contributed by atoms with Crippen LogP contribution in [0, 0.1) is 5.92 Å². The minimum Gasteiger partial charge on any atom is -0.366 e. The molecule has 0 bridgehead atoms. The Kier molecular flexibility index (Phi) is 5.44. The van der Waals surface area contributed by atoms with Crippen molar-refractivity contribution in [2.75, 3.05) is 19.6 Å². The number of primary amides is 1. The molecule has 1 fully saturated rings. The van der Waals surface area contributed by atoms with Crippen LogP contribution in [-0.2, 0) is 24.3 Å². The topological polar surface area (TPSA) is 66.6 Å². The van der Waals surface area contributed by atoms with Crippen LogP contribution in [0.25, 0.3) is 0 Å². The molecule has 0 spiro atoms. The van der Waals surface area contributed by atoms with E-state index in [2.05, 4.69) is 29.2 Å². The van der Waals surface area contributed by atoms with Gasteiger partial charge in [-0.05, 0) is 47.6 Å². The third-order valence-electron chi connectivity index (χ3n) is 5.92. The van der Waals surface area contributed by atoms with Gasteiger partial charge in [0.2, 0.25) is 11.8 Å². The Morgan fingerprint density at radius 3 is 2.50 bits per heavy atom. The molecule has 1 atom stereocenters. The van der Waals surface area contributed by atoms with E-state index in [-0.39, 0.29) is 5.91 Å². The van der Waals surface area contributed by atoms with E-state index in [1.807, 2.05) is 23.1 Å². The van der Waals surface area contributed by atoms with Crippen LogP contribution < -0.4 is 5.73 Å². The molecule has 2 N–H and O–H groups in total. The van der Waals surface area contributed by atoms with E-state index >= 15 is 0 Å². The second kappa shape index (κ2) is 8.15. The highest BCUT2D eigenvalue weighted by Gasteiger charge is 2.27. The highest BCUT2D eigenvalue weighted by Crippen LogP contribution is 2.24. The van der Waals surface area contributed by atoms with Crippen LogP contribution in [0.15, 0.2) is 48.5 Å². The van der Waals surface area contributed by atoms with Crippen LogP contribution in [0.3, 0.4) is 0 Å². The summed E-state index contributed by atoms with van der Waals surface area (Å²) in [4.78, 5) is 28.4. The number of fused-ring (bicyclic) bond motifs is 1. The molecule has 5 heteroatoms. The predicted molar refractivity (Wildman–Crippen MR) is 109 cm³/mol.